The van der Waals surface area contributed by atoms with Gasteiger partial charge in [-0.25, -0.2) is 0 Å². The molecule has 0 spiro atoms. The lowest BCUT2D eigenvalue weighted by atomic mass is 9.88. The first-order valence-corrected chi connectivity index (χ1v) is 7.25. The average molecular weight is 247 g/mol. The van der Waals surface area contributed by atoms with Crippen LogP contribution in [0.4, 0.5) is 0 Å². The highest BCUT2D eigenvalue weighted by molar-refractivity contribution is 5.25. The molecule has 1 fully saturated rings. The van der Waals surface area contributed by atoms with Crippen LogP contribution in [0.2, 0.25) is 0 Å². The van der Waals surface area contributed by atoms with E-state index in [1.807, 2.05) is 0 Å². The minimum atomic E-state index is 0.446. The Morgan fingerprint density at radius 2 is 2.06 bits per heavy atom. The van der Waals surface area contributed by atoms with Crippen molar-refractivity contribution in [2.75, 3.05) is 19.8 Å². The van der Waals surface area contributed by atoms with Gasteiger partial charge in [-0.1, -0.05) is 38.1 Å². The van der Waals surface area contributed by atoms with Crippen molar-refractivity contribution < 1.29 is 4.74 Å². The Labute approximate surface area is 111 Å². The Balaban J connectivity index is 2.11. The van der Waals surface area contributed by atoms with Crippen LogP contribution in [-0.4, -0.2) is 19.8 Å². The molecule has 1 saturated heterocycles. The number of aryl methyl sites for hydroxylation is 1. The molecule has 0 amide bonds. The molecule has 0 radical (unpaired) electrons. The van der Waals surface area contributed by atoms with E-state index in [0.717, 1.165) is 26.2 Å². The van der Waals surface area contributed by atoms with E-state index in [4.69, 9.17) is 4.74 Å². The quantitative estimate of drug-likeness (QED) is 0.861. The van der Waals surface area contributed by atoms with Gasteiger partial charge in [0.05, 0.1) is 6.61 Å². The van der Waals surface area contributed by atoms with Crippen LogP contribution in [0.1, 0.15) is 43.9 Å². The number of nitrogens with one attached hydrogen (secondary N) is 1. The van der Waals surface area contributed by atoms with E-state index in [-0.39, 0.29) is 0 Å². The first-order valence-electron chi connectivity index (χ1n) is 7.25. The monoisotopic (exact) mass is 247 g/mol. The van der Waals surface area contributed by atoms with Crippen LogP contribution in [0.3, 0.4) is 0 Å². The summed E-state index contributed by atoms with van der Waals surface area (Å²) < 4.78 is 5.64. The van der Waals surface area contributed by atoms with Gasteiger partial charge in [-0.3, -0.25) is 0 Å². The Hall–Kier alpha value is -0.860. The average Bonchev–Trinajstić information content (AvgIpc) is 2.46. The van der Waals surface area contributed by atoms with Crippen LogP contribution >= 0.6 is 0 Å². The van der Waals surface area contributed by atoms with Crippen LogP contribution in [0.5, 0.6) is 0 Å². The minimum Gasteiger partial charge on any atom is -0.381 e. The minimum absolute atomic E-state index is 0.446. The van der Waals surface area contributed by atoms with Crippen molar-refractivity contribution in [1.29, 1.82) is 0 Å². The first kappa shape index (κ1) is 13.6. The number of hydrogen-bond acceptors (Lipinski definition) is 2. The van der Waals surface area contributed by atoms with Crippen LogP contribution in [-0.2, 0) is 11.2 Å². The number of benzene rings is 1. The summed E-state index contributed by atoms with van der Waals surface area (Å²) >= 11 is 0. The fraction of sp³-hybridized carbons (Fsp3) is 0.625. The van der Waals surface area contributed by atoms with E-state index in [9.17, 15) is 0 Å². The second kappa shape index (κ2) is 6.91. The van der Waals surface area contributed by atoms with Crippen molar-refractivity contribution in [3.63, 3.8) is 0 Å². The summed E-state index contributed by atoms with van der Waals surface area (Å²) in [5.74, 6) is 0.617. The van der Waals surface area contributed by atoms with Crippen LogP contribution in [0.15, 0.2) is 24.3 Å². The summed E-state index contributed by atoms with van der Waals surface area (Å²) in [4.78, 5) is 0. The zero-order chi connectivity index (χ0) is 12.8. The van der Waals surface area contributed by atoms with Crippen LogP contribution in [0, 0.1) is 5.92 Å². The SMILES string of the molecule is CCNC(c1ccc(CC)cc1)C1CCCOC1. The normalized spacial score (nSPS) is 21.8. The van der Waals surface area contributed by atoms with Crippen molar-refractivity contribution in [3.05, 3.63) is 35.4 Å². The van der Waals surface area contributed by atoms with Gasteiger partial charge in [0.25, 0.3) is 0 Å². The second-order valence-corrected chi connectivity index (χ2v) is 5.11. The Kier molecular flexibility index (Phi) is 5.21. The highest BCUT2D eigenvalue weighted by Crippen LogP contribution is 2.29. The zero-order valence-corrected chi connectivity index (χ0v) is 11.6. The van der Waals surface area contributed by atoms with E-state index in [0.29, 0.717) is 12.0 Å². The molecule has 2 rings (SSSR count). The summed E-state index contributed by atoms with van der Waals surface area (Å²) in [6.45, 7) is 7.22. The highest BCUT2D eigenvalue weighted by Gasteiger charge is 2.24. The molecule has 100 valence electrons. The Morgan fingerprint density at radius 3 is 2.61 bits per heavy atom. The van der Waals surface area contributed by atoms with Gasteiger partial charge >= 0.3 is 0 Å². The van der Waals surface area contributed by atoms with Gasteiger partial charge in [0.1, 0.15) is 0 Å². The molecular weight excluding hydrogens is 222 g/mol. The molecule has 2 atom stereocenters. The first-order chi connectivity index (χ1) is 8.85. The Morgan fingerprint density at radius 1 is 1.28 bits per heavy atom. The van der Waals surface area contributed by atoms with Gasteiger partial charge in [-0.05, 0) is 36.9 Å². The standard InChI is InChI=1S/C16H25NO/c1-3-13-7-9-14(10-8-13)16(17-4-2)15-6-5-11-18-12-15/h7-10,15-17H,3-6,11-12H2,1-2H3. The van der Waals surface area contributed by atoms with Crippen molar-refractivity contribution in [2.45, 2.75) is 39.2 Å². The van der Waals surface area contributed by atoms with E-state index >= 15 is 0 Å². The van der Waals surface area contributed by atoms with Gasteiger partial charge < -0.3 is 10.1 Å². The molecule has 1 aromatic carbocycles. The lowest BCUT2D eigenvalue weighted by Crippen LogP contribution is -2.33. The molecule has 18 heavy (non-hydrogen) atoms. The fourth-order valence-electron chi connectivity index (χ4n) is 2.77. The third kappa shape index (κ3) is 3.33. The highest BCUT2D eigenvalue weighted by atomic mass is 16.5. The van der Waals surface area contributed by atoms with E-state index in [1.54, 1.807) is 0 Å². The summed E-state index contributed by atoms with van der Waals surface area (Å²) in [6.07, 6.45) is 3.57. The van der Waals surface area contributed by atoms with Gasteiger partial charge in [-0.2, -0.15) is 0 Å². The van der Waals surface area contributed by atoms with Crippen molar-refractivity contribution in [1.82, 2.24) is 5.32 Å². The third-order valence-corrected chi connectivity index (χ3v) is 3.84. The molecule has 0 aromatic heterocycles. The largest absolute Gasteiger partial charge is 0.381 e. The molecule has 2 nitrogen and oxygen atoms in total. The van der Waals surface area contributed by atoms with Crippen molar-refractivity contribution in [3.8, 4) is 0 Å². The van der Waals surface area contributed by atoms with Crippen LogP contribution in [0.25, 0.3) is 0 Å². The van der Waals surface area contributed by atoms with Crippen molar-refractivity contribution >= 4 is 0 Å². The molecular formula is C16H25NO. The molecule has 2 unspecified atom stereocenters. The number of rotatable bonds is 5. The van der Waals surface area contributed by atoms with Gasteiger partial charge in [0.15, 0.2) is 0 Å². The summed E-state index contributed by atoms with van der Waals surface area (Å²) in [5, 5.41) is 3.63. The topological polar surface area (TPSA) is 21.3 Å². The summed E-state index contributed by atoms with van der Waals surface area (Å²) in [6, 6.07) is 9.51. The lowest BCUT2D eigenvalue weighted by Gasteiger charge is -2.31. The third-order valence-electron chi connectivity index (χ3n) is 3.84. The summed E-state index contributed by atoms with van der Waals surface area (Å²) in [7, 11) is 0. The van der Waals surface area contributed by atoms with Gasteiger partial charge in [-0.15, -0.1) is 0 Å². The fourth-order valence-corrected chi connectivity index (χ4v) is 2.77. The van der Waals surface area contributed by atoms with Gasteiger partial charge in [0.2, 0.25) is 0 Å². The molecule has 1 heterocycles. The Bertz CT molecular complexity index is 341. The molecule has 1 N–H and O–H groups in total. The smallest absolute Gasteiger partial charge is 0.0512 e. The molecule has 1 aliphatic heterocycles. The maximum Gasteiger partial charge on any atom is 0.0512 e. The maximum absolute atomic E-state index is 5.64. The van der Waals surface area contributed by atoms with E-state index < -0.39 is 0 Å². The molecule has 1 aliphatic rings. The van der Waals surface area contributed by atoms with Crippen molar-refractivity contribution in [2.24, 2.45) is 5.92 Å². The van der Waals surface area contributed by atoms with Gasteiger partial charge in [0, 0.05) is 18.6 Å². The molecule has 0 bridgehead atoms. The predicted octanol–water partition coefficient (Wildman–Crippen LogP) is 3.33. The molecule has 1 aromatic rings. The van der Waals surface area contributed by atoms with E-state index in [1.165, 1.54) is 24.0 Å². The second-order valence-electron chi connectivity index (χ2n) is 5.11. The van der Waals surface area contributed by atoms with E-state index in [2.05, 4.69) is 43.4 Å². The number of ether oxygens (including phenoxy) is 1. The maximum atomic E-state index is 5.64. The van der Waals surface area contributed by atoms with Crippen LogP contribution < -0.4 is 5.32 Å². The summed E-state index contributed by atoms with van der Waals surface area (Å²) in [5.41, 5.74) is 2.82. The predicted molar refractivity (Wildman–Crippen MR) is 75.8 cm³/mol. The zero-order valence-electron chi connectivity index (χ0n) is 11.6. The molecule has 0 saturated carbocycles. The number of hydrogen-bond donors (Lipinski definition) is 1. The molecule has 2 heteroatoms. The molecule has 0 aliphatic carbocycles. The lowest BCUT2D eigenvalue weighted by molar-refractivity contribution is 0.0393.